The largest absolute Gasteiger partial charge is 0.493 e. The molecule has 0 atom stereocenters. The van der Waals surface area contributed by atoms with E-state index in [2.05, 4.69) is 5.32 Å². The molecule has 0 heterocycles. The van der Waals surface area contributed by atoms with Crippen LogP contribution in [0.3, 0.4) is 0 Å². The molecular formula is C15H22N2O3. The number of carbonyl (C=O) groups is 1. The molecule has 1 aliphatic carbocycles. The predicted octanol–water partition coefficient (Wildman–Crippen LogP) is 2.72. The highest BCUT2D eigenvalue weighted by molar-refractivity contribution is 5.64. The van der Waals surface area contributed by atoms with Gasteiger partial charge in [0.15, 0.2) is 0 Å². The quantitative estimate of drug-likeness (QED) is 0.723. The van der Waals surface area contributed by atoms with Crippen LogP contribution in [-0.4, -0.2) is 24.4 Å². The number of carboxylic acid groups (broad SMARTS) is 1. The zero-order chi connectivity index (χ0) is 14.4. The van der Waals surface area contributed by atoms with Crippen molar-refractivity contribution in [1.82, 2.24) is 5.32 Å². The lowest BCUT2D eigenvalue weighted by Gasteiger charge is -2.28. The van der Waals surface area contributed by atoms with E-state index in [1.165, 1.54) is 0 Å². The molecule has 1 aromatic carbocycles. The van der Waals surface area contributed by atoms with Gasteiger partial charge in [0, 0.05) is 12.2 Å². The van der Waals surface area contributed by atoms with Crippen LogP contribution in [0.4, 0.5) is 10.5 Å². The van der Waals surface area contributed by atoms with E-state index in [9.17, 15) is 4.79 Å². The summed E-state index contributed by atoms with van der Waals surface area (Å²) in [4.78, 5) is 10.4. The van der Waals surface area contributed by atoms with Gasteiger partial charge in [0.05, 0.1) is 6.61 Å². The van der Waals surface area contributed by atoms with E-state index in [1.807, 2.05) is 24.3 Å². The summed E-state index contributed by atoms with van der Waals surface area (Å²) in [5.41, 5.74) is 6.37. The van der Waals surface area contributed by atoms with Gasteiger partial charge in [-0.25, -0.2) is 4.79 Å². The Kier molecular flexibility index (Phi) is 5.09. The first-order valence-electron chi connectivity index (χ1n) is 7.08. The van der Waals surface area contributed by atoms with Gasteiger partial charge in [0.1, 0.15) is 5.75 Å². The van der Waals surface area contributed by atoms with Crippen molar-refractivity contribution in [2.75, 3.05) is 18.9 Å². The van der Waals surface area contributed by atoms with E-state index >= 15 is 0 Å². The zero-order valence-corrected chi connectivity index (χ0v) is 11.5. The highest BCUT2D eigenvalue weighted by atomic mass is 16.5. The molecule has 5 nitrogen and oxygen atoms in total. The SMILES string of the molecule is Nc1ccc(OC[C@H]2CC[C@H](CNC(=O)O)CC2)cc1. The second-order valence-electron chi connectivity index (χ2n) is 5.45. The molecule has 0 aromatic heterocycles. The Morgan fingerprint density at radius 1 is 1.20 bits per heavy atom. The molecule has 0 radical (unpaired) electrons. The second-order valence-corrected chi connectivity index (χ2v) is 5.45. The molecule has 1 aromatic rings. The van der Waals surface area contributed by atoms with Gasteiger partial charge in [0.2, 0.25) is 0 Å². The highest BCUT2D eigenvalue weighted by Gasteiger charge is 2.21. The van der Waals surface area contributed by atoms with Crippen LogP contribution in [0, 0.1) is 11.8 Å². The van der Waals surface area contributed by atoms with E-state index in [-0.39, 0.29) is 0 Å². The van der Waals surface area contributed by atoms with Crippen LogP contribution in [0.2, 0.25) is 0 Å². The maximum atomic E-state index is 10.4. The minimum absolute atomic E-state index is 0.471. The number of nitrogens with two attached hydrogens (primary N) is 1. The van der Waals surface area contributed by atoms with Crippen molar-refractivity contribution >= 4 is 11.8 Å². The fourth-order valence-corrected chi connectivity index (χ4v) is 2.61. The topological polar surface area (TPSA) is 84.6 Å². The fraction of sp³-hybridized carbons (Fsp3) is 0.533. The third-order valence-corrected chi connectivity index (χ3v) is 3.87. The van der Waals surface area contributed by atoms with Crippen LogP contribution in [-0.2, 0) is 0 Å². The monoisotopic (exact) mass is 278 g/mol. The minimum Gasteiger partial charge on any atom is -0.493 e. The normalized spacial score (nSPS) is 22.2. The smallest absolute Gasteiger partial charge is 0.404 e. The lowest BCUT2D eigenvalue weighted by molar-refractivity contribution is 0.172. The number of ether oxygens (including phenoxy) is 1. The molecular weight excluding hydrogens is 256 g/mol. The molecule has 0 unspecified atom stereocenters. The standard InChI is InChI=1S/C15H22N2O3/c16-13-5-7-14(8-6-13)20-10-12-3-1-11(2-4-12)9-17-15(18)19/h5-8,11-12,17H,1-4,9-10,16H2,(H,18,19)/t11-,12-. The Bertz CT molecular complexity index is 425. The van der Waals surface area contributed by atoms with Gasteiger partial charge in [-0.3, -0.25) is 0 Å². The number of anilines is 1. The maximum Gasteiger partial charge on any atom is 0.404 e. The van der Waals surface area contributed by atoms with Crippen LogP contribution in [0.5, 0.6) is 5.75 Å². The summed E-state index contributed by atoms with van der Waals surface area (Å²) in [5, 5.41) is 11.1. The van der Waals surface area contributed by atoms with Crippen molar-refractivity contribution in [3.63, 3.8) is 0 Å². The Labute approximate surface area is 119 Å². The molecule has 20 heavy (non-hydrogen) atoms. The van der Waals surface area contributed by atoms with Crippen LogP contribution in [0.25, 0.3) is 0 Å². The van der Waals surface area contributed by atoms with Crippen molar-refractivity contribution in [2.24, 2.45) is 11.8 Å². The van der Waals surface area contributed by atoms with E-state index in [0.29, 0.717) is 18.4 Å². The van der Waals surface area contributed by atoms with Gasteiger partial charge in [0.25, 0.3) is 0 Å². The van der Waals surface area contributed by atoms with E-state index in [0.717, 1.165) is 43.7 Å². The van der Waals surface area contributed by atoms with Crippen molar-refractivity contribution in [1.29, 1.82) is 0 Å². The molecule has 0 aliphatic heterocycles. The van der Waals surface area contributed by atoms with Crippen LogP contribution < -0.4 is 15.8 Å². The zero-order valence-electron chi connectivity index (χ0n) is 11.5. The summed E-state index contributed by atoms with van der Waals surface area (Å²) in [6.45, 7) is 1.30. The van der Waals surface area contributed by atoms with Gasteiger partial charge < -0.3 is 20.9 Å². The minimum atomic E-state index is -0.932. The number of nitrogen functional groups attached to an aromatic ring is 1. The molecule has 0 bridgehead atoms. The van der Waals surface area contributed by atoms with Gasteiger partial charge in [-0.2, -0.15) is 0 Å². The van der Waals surface area contributed by atoms with Gasteiger partial charge >= 0.3 is 6.09 Å². The Morgan fingerprint density at radius 3 is 2.40 bits per heavy atom. The molecule has 5 heteroatoms. The summed E-state index contributed by atoms with van der Waals surface area (Å²) < 4.78 is 5.77. The van der Waals surface area contributed by atoms with Crippen molar-refractivity contribution in [3.8, 4) is 5.75 Å². The van der Waals surface area contributed by atoms with Crippen molar-refractivity contribution < 1.29 is 14.6 Å². The fourth-order valence-electron chi connectivity index (χ4n) is 2.61. The summed E-state index contributed by atoms with van der Waals surface area (Å²) in [6, 6.07) is 7.45. The lowest BCUT2D eigenvalue weighted by atomic mass is 9.82. The molecule has 1 fully saturated rings. The summed E-state index contributed by atoms with van der Waals surface area (Å²) in [7, 11) is 0. The number of rotatable bonds is 5. The Hall–Kier alpha value is -1.91. The molecule has 2 rings (SSSR count). The third-order valence-electron chi connectivity index (χ3n) is 3.87. The summed E-state index contributed by atoms with van der Waals surface area (Å²) in [5.74, 6) is 1.89. The Morgan fingerprint density at radius 2 is 1.80 bits per heavy atom. The van der Waals surface area contributed by atoms with Crippen LogP contribution in [0.15, 0.2) is 24.3 Å². The highest BCUT2D eigenvalue weighted by Crippen LogP contribution is 2.29. The van der Waals surface area contributed by atoms with Crippen molar-refractivity contribution in [3.05, 3.63) is 24.3 Å². The van der Waals surface area contributed by atoms with Gasteiger partial charge in [-0.15, -0.1) is 0 Å². The lowest BCUT2D eigenvalue weighted by Crippen LogP contribution is -2.31. The third kappa shape index (κ3) is 4.64. The number of nitrogens with one attached hydrogen (secondary N) is 1. The first kappa shape index (κ1) is 14.5. The molecule has 1 saturated carbocycles. The van der Waals surface area contributed by atoms with Crippen LogP contribution in [0.1, 0.15) is 25.7 Å². The number of benzene rings is 1. The molecule has 1 amide bonds. The molecule has 1 aliphatic rings. The average Bonchev–Trinajstić information content (AvgIpc) is 2.45. The first-order chi connectivity index (χ1) is 9.63. The molecule has 110 valence electrons. The first-order valence-corrected chi connectivity index (χ1v) is 7.08. The van der Waals surface area contributed by atoms with Gasteiger partial charge in [-0.1, -0.05) is 0 Å². The van der Waals surface area contributed by atoms with Crippen molar-refractivity contribution in [2.45, 2.75) is 25.7 Å². The number of hydrogen-bond donors (Lipinski definition) is 3. The van der Waals surface area contributed by atoms with Crippen LogP contribution >= 0.6 is 0 Å². The summed E-state index contributed by atoms with van der Waals surface area (Å²) in [6.07, 6.45) is 3.40. The average molecular weight is 278 g/mol. The second kappa shape index (κ2) is 7.03. The van der Waals surface area contributed by atoms with E-state index in [1.54, 1.807) is 0 Å². The Balaban J connectivity index is 1.66. The predicted molar refractivity (Wildman–Crippen MR) is 77.8 cm³/mol. The molecule has 4 N–H and O–H groups in total. The number of amides is 1. The number of hydrogen-bond acceptors (Lipinski definition) is 3. The van der Waals surface area contributed by atoms with E-state index in [4.69, 9.17) is 15.6 Å². The molecule has 0 spiro atoms. The summed E-state index contributed by atoms with van der Waals surface area (Å²) >= 11 is 0. The van der Waals surface area contributed by atoms with E-state index < -0.39 is 6.09 Å². The molecule has 0 saturated heterocycles. The maximum absolute atomic E-state index is 10.4. The van der Waals surface area contributed by atoms with Gasteiger partial charge in [-0.05, 0) is 61.8 Å².